The first-order valence-electron chi connectivity index (χ1n) is 5.48. The number of nitro benzene ring substituents is 1. The standard InChI is InChI=1S/C12H6N4O5/c13-7-8-6-9(15(17)18)3-4-10(8)21-11-2-1-5-14-12(11)16(19)20/h1-6H. The Labute approximate surface area is 117 Å². The third-order valence-corrected chi connectivity index (χ3v) is 2.44. The predicted molar refractivity (Wildman–Crippen MR) is 68.8 cm³/mol. The van der Waals surface area contributed by atoms with E-state index in [1.165, 1.54) is 24.4 Å². The third kappa shape index (κ3) is 2.90. The molecule has 0 bridgehead atoms. The fourth-order valence-corrected chi connectivity index (χ4v) is 1.53. The zero-order valence-electron chi connectivity index (χ0n) is 10.3. The minimum Gasteiger partial charge on any atom is -0.447 e. The minimum absolute atomic E-state index is 0.0285. The van der Waals surface area contributed by atoms with E-state index in [4.69, 9.17) is 10.00 Å². The summed E-state index contributed by atoms with van der Waals surface area (Å²) in [5.74, 6) is -0.702. The highest BCUT2D eigenvalue weighted by Gasteiger charge is 2.19. The fourth-order valence-electron chi connectivity index (χ4n) is 1.53. The first kappa shape index (κ1) is 13.9. The molecule has 0 saturated heterocycles. The van der Waals surface area contributed by atoms with Crippen molar-refractivity contribution < 1.29 is 14.6 Å². The molecule has 0 aliphatic carbocycles. The Balaban J connectivity index is 2.43. The van der Waals surface area contributed by atoms with Gasteiger partial charge in [-0.1, -0.05) is 0 Å². The molecule has 1 aromatic heterocycles. The maximum atomic E-state index is 10.8. The maximum absolute atomic E-state index is 10.8. The van der Waals surface area contributed by atoms with Crippen molar-refractivity contribution in [3.63, 3.8) is 0 Å². The van der Waals surface area contributed by atoms with Crippen LogP contribution in [0.5, 0.6) is 11.5 Å². The van der Waals surface area contributed by atoms with Crippen LogP contribution >= 0.6 is 0 Å². The summed E-state index contributed by atoms with van der Waals surface area (Å²) >= 11 is 0. The van der Waals surface area contributed by atoms with Gasteiger partial charge in [-0.05, 0) is 28.1 Å². The number of nitrogens with zero attached hydrogens (tertiary/aromatic N) is 4. The second-order valence-corrected chi connectivity index (χ2v) is 3.73. The van der Waals surface area contributed by atoms with Crippen molar-refractivity contribution in [1.82, 2.24) is 4.98 Å². The third-order valence-electron chi connectivity index (χ3n) is 2.44. The Morgan fingerprint density at radius 1 is 1.14 bits per heavy atom. The van der Waals surface area contributed by atoms with Gasteiger partial charge in [-0.2, -0.15) is 5.26 Å². The first-order valence-corrected chi connectivity index (χ1v) is 5.48. The Hall–Kier alpha value is -3.54. The van der Waals surface area contributed by atoms with Gasteiger partial charge in [0.2, 0.25) is 5.75 Å². The molecule has 1 aromatic carbocycles. The van der Waals surface area contributed by atoms with Gasteiger partial charge in [0.1, 0.15) is 23.6 Å². The summed E-state index contributed by atoms with van der Waals surface area (Å²) < 4.78 is 5.28. The summed E-state index contributed by atoms with van der Waals surface area (Å²) in [6.45, 7) is 0. The van der Waals surface area contributed by atoms with E-state index in [-0.39, 0.29) is 22.7 Å². The van der Waals surface area contributed by atoms with Gasteiger partial charge in [0, 0.05) is 12.1 Å². The van der Waals surface area contributed by atoms with Crippen LogP contribution in [0.25, 0.3) is 0 Å². The molecule has 0 spiro atoms. The molecule has 21 heavy (non-hydrogen) atoms. The highest BCUT2D eigenvalue weighted by atomic mass is 16.6. The predicted octanol–water partition coefficient (Wildman–Crippen LogP) is 2.56. The fraction of sp³-hybridized carbons (Fsp3) is 0. The molecule has 0 radical (unpaired) electrons. The molecule has 0 fully saturated rings. The topological polar surface area (TPSA) is 132 Å². The van der Waals surface area contributed by atoms with E-state index in [9.17, 15) is 20.2 Å². The van der Waals surface area contributed by atoms with E-state index < -0.39 is 15.7 Å². The lowest BCUT2D eigenvalue weighted by Crippen LogP contribution is -1.97. The number of nitriles is 1. The van der Waals surface area contributed by atoms with E-state index >= 15 is 0 Å². The smallest absolute Gasteiger partial charge is 0.406 e. The van der Waals surface area contributed by atoms with Crippen molar-refractivity contribution >= 4 is 11.5 Å². The molecule has 0 N–H and O–H groups in total. The number of nitro groups is 2. The average molecular weight is 286 g/mol. The maximum Gasteiger partial charge on any atom is 0.406 e. The van der Waals surface area contributed by atoms with Gasteiger partial charge in [0.15, 0.2) is 0 Å². The van der Waals surface area contributed by atoms with Gasteiger partial charge in [-0.25, -0.2) is 0 Å². The molecule has 0 saturated carbocycles. The van der Waals surface area contributed by atoms with Crippen LogP contribution in [0.1, 0.15) is 5.56 Å². The lowest BCUT2D eigenvalue weighted by atomic mass is 10.2. The Bertz CT molecular complexity index is 768. The zero-order chi connectivity index (χ0) is 15.4. The van der Waals surface area contributed by atoms with E-state index in [1.54, 1.807) is 6.07 Å². The van der Waals surface area contributed by atoms with Crippen LogP contribution in [0, 0.1) is 31.6 Å². The molecule has 9 heteroatoms. The van der Waals surface area contributed by atoms with Gasteiger partial charge < -0.3 is 14.9 Å². The van der Waals surface area contributed by atoms with E-state index in [1.807, 2.05) is 0 Å². The van der Waals surface area contributed by atoms with Crippen molar-refractivity contribution in [3.05, 3.63) is 62.3 Å². The van der Waals surface area contributed by atoms with Crippen molar-refractivity contribution in [2.24, 2.45) is 0 Å². The monoisotopic (exact) mass is 286 g/mol. The molecule has 0 aliphatic rings. The molecular formula is C12H6N4O5. The van der Waals surface area contributed by atoms with E-state index in [0.29, 0.717) is 0 Å². The summed E-state index contributed by atoms with van der Waals surface area (Å²) in [6.07, 6.45) is 1.23. The summed E-state index contributed by atoms with van der Waals surface area (Å²) in [4.78, 5) is 23.6. The lowest BCUT2D eigenvalue weighted by Gasteiger charge is -2.06. The number of benzene rings is 1. The van der Waals surface area contributed by atoms with Crippen molar-refractivity contribution in [2.75, 3.05) is 0 Å². The second-order valence-electron chi connectivity index (χ2n) is 3.73. The number of rotatable bonds is 4. The Kier molecular flexibility index (Phi) is 3.71. The molecule has 0 unspecified atom stereocenters. The molecule has 9 nitrogen and oxygen atoms in total. The highest BCUT2D eigenvalue weighted by molar-refractivity contribution is 5.53. The Morgan fingerprint density at radius 3 is 2.52 bits per heavy atom. The number of aromatic nitrogens is 1. The van der Waals surface area contributed by atoms with Gasteiger partial charge in [0.25, 0.3) is 5.69 Å². The largest absolute Gasteiger partial charge is 0.447 e. The summed E-state index contributed by atoms with van der Waals surface area (Å²) in [7, 11) is 0. The van der Waals surface area contributed by atoms with Crippen LogP contribution in [0.2, 0.25) is 0 Å². The molecular weight excluding hydrogens is 280 g/mol. The van der Waals surface area contributed by atoms with Gasteiger partial charge in [-0.3, -0.25) is 10.1 Å². The van der Waals surface area contributed by atoms with Crippen LogP contribution in [0.3, 0.4) is 0 Å². The van der Waals surface area contributed by atoms with Crippen molar-refractivity contribution in [1.29, 1.82) is 5.26 Å². The van der Waals surface area contributed by atoms with E-state index in [2.05, 4.69) is 4.98 Å². The lowest BCUT2D eigenvalue weighted by molar-refractivity contribution is -0.390. The number of non-ortho nitro benzene ring substituents is 1. The number of pyridine rings is 1. The van der Waals surface area contributed by atoms with Gasteiger partial charge >= 0.3 is 5.82 Å². The number of hydrogen-bond acceptors (Lipinski definition) is 7. The summed E-state index contributed by atoms with van der Waals surface area (Å²) in [5.41, 5.74) is -0.387. The van der Waals surface area contributed by atoms with Gasteiger partial charge in [0.05, 0.1) is 4.92 Å². The molecule has 1 heterocycles. The quantitative estimate of drug-likeness (QED) is 0.622. The minimum atomic E-state index is -0.729. The molecule has 2 aromatic rings. The van der Waals surface area contributed by atoms with Crippen LogP contribution < -0.4 is 4.74 Å². The number of hydrogen-bond donors (Lipinski definition) is 0. The first-order chi connectivity index (χ1) is 10.0. The zero-order valence-corrected chi connectivity index (χ0v) is 10.3. The summed E-state index contributed by atoms with van der Waals surface area (Å²) in [5, 5.41) is 30.4. The van der Waals surface area contributed by atoms with E-state index in [0.717, 1.165) is 12.1 Å². The molecule has 104 valence electrons. The van der Waals surface area contributed by atoms with Crippen LogP contribution in [0.4, 0.5) is 11.5 Å². The Morgan fingerprint density at radius 2 is 1.90 bits per heavy atom. The van der Waals surface area contributed by atoms with Crippen molar-refractivity contribution in [3.8, 4) is 17.6 Å². The number of ether oxygens (including phenoxy) is 1. The molecule has 0 amide bonds. The van der Waals surface area contributed by atoms with Crippen LogP contribution in [-0.4, -0.2) is 14.8 Å². The summed E-state index contributed by atoms with van der Waals surface area (Å²) in [6, 6.07) is 7.85. The molecule has 0 atom stereocenters. The normalized spacial score (nSPS) is 9.67. The molecule has 0 aliphatic heterocycles. The average Bonchev–Trinajstić information content (AvgIpc) is 2.47. The van der Waals surface area contributed by atoms with Crippen LogP contribution in [-0.2, 0) is 0 Å². The SMILES string of the molecule is N#Cc1cc([N+](=O)[O-])ccc1Oc1cccnc1[N+](=O)[O-]. The second kappa shape index (κ2) is 5.62. The highest BCUT2D eigenvalue weighted by Crippen LogP contribution is 2.32. The van der Waals surface area contributed by atoms with Gasteiger partial charge in [-0.15, -0.1) is 0 Å². The van der Waals surface area contributed by atoms with Crippen LogP contribution in [0.15, 0.2) is 36.5 Å². The molecule has 2 rings (SSSR count). The van der Waals surface area contributed by atoms with Crippen molar-refractivity contribution in [2.45, 2.75) is 0 Å².